The van der Waals surface area contributed by atoms with Gasteiger partial charge in [-0.1, -0.05) is 6.07 Å². The first kappa shape index (κ1) is 18.9. The molecule has 1 aromatic carbocycles. The van der Waals surface area contributed by atoms with Gasteiger partial charge in [0.15, 0.2) is 5.60 Å². The van der Waals surface area contributed by atoms with Crippen LogP contribution in [0.25, 0.3) is 11.0 Å². The number of halogens is 5. The van der Waals surface area contributed by atoms with E-state index in [1.54, 1.807) is 5.32 Å². The molecule has 1 saturated carbocycles. The van der Waals surface area contributed by atoms with Crippen LogP contribution >= 0.6 is 0 Å². The molecule has 1 aliphatic heterocycles. The number of rotatable bonds is 7. The molecule has 2 heterocycles. The number of carbonyl (C=O) groups excluding carboxylic acids is 1. The molecular formula is C21H26F5N5O2. The largest absolute Gasteiger partial charge is 0.416 e. The molecule has 1 aliphatic carbocycles. The van der Waals surface area contributed by atoms with Gasteiger partial charge in [0.25, 0.3) is 5.92 Å². The zero-order valence-corrected chi connectivity index (χ0v) is 17.8. The van der Waals surface area contributed by atoms with Gasteiger partial charge in [0.1, 0.15) is 5.82 Å². The van der Waals surface area contributed by atoms with Crippen molar-refractivity contribution >= 4 is 17.1 Å². The average Bonchev–Trinajstić information content (AvgIpc) is 3.50. The molecule has 33 heavy (non-hydrogen) atoms. The summed E-state index contributed by atoms with van der Waals surface area (Å²) in [5, 5.41) is 1.58. The molecule has 2 atom stereocenters. The lowest BCUT2D eigenvalue weighted by molar-refractivity contribution is -0.264. The molecule has 0 unspecified atom stereocenters. The molecule has 2 aromatic rings. The fraction of sp³-hybridized carbons (Fsp3) is 0.619. The molecule has 7 nitrogen and oxygen atoms in total. The van der Waals surface area contributed by atoms with Gasteiger partial charge in [0.05, 0.1) is 48.2 Å². The van der Waals surface area contributed by atoms with E-state index in [9.17, 15) is 26.7 Å². The topological polar surface area (TPSA) is 96.3 Å². The minimum absolute atomic E-state index is 0.110. The van der Waals surface area contributed by atoms with Crippen molar-refractivity contribution in [3.8, 4) is 0 Å². The Morgan fingerprint density at radius 2 is 2.06 bits per heavy atom. The van der Waals surface area contributed by atoms with Crippen LogP contribution in [-0.2, 0) is 4.74 Å². The number of nitrogens with two attached hydrogens (primary N) is 1. The van der Waals surface area contributed by atoms with Gasteiger partial charge in [-0.25, -0.2) is 18.6 Å². The van der Waals surface area contributed by atoms with E-state index in [-0.39, 0.29) is 11.7 Å². The maximum Gasteiger partial charge on any atom is 0.416 e. The number of imidazole rings is 1. The van der Waals surface area contributed by atoms with Crippen LogP contribution in [0.4, 0.5) is 26.7 Å². The van der Waals surface area contributed by atoms with Crippen LogP contribution in [-0.4, -0.2) is 58.2 Å². The van der Waals surface area contributed by atoms with Crippen LogP contribution < -0.4 is 11.1 Å². The lowest BCUT2D eigenvalue weighted by Crippen LogP contribution is -2.58. The number of aromatic amines is 1. The van der Waals surface area contributed by atoms with E-state index in [0.717, 1.165) is 13.8 Å². The van der Waals surface area contributed by atoms with Crippen molar-refractivity contribution in [2.45, 2.75) is 56.5 Å². The first-order chi connectivity index (χ1) is 16.8. The summed E-state index contributed by atoms with van der Waals surface area (Å²) >= 11 is 0. The van der Waals surface area contributed by atoms with Gasteiger partial charge in [0, 0.05) is 0 Å². The standard InChI is InChI=1S/C21H26F5N5O2/c1-19(2,21(24,25)26)33-8-13(27)17-29-14-6-5-12(7-15(14)30-17)16(11-3-4-11)31-10-20(22,23)9-28-18(31)32/h5-7,11,13,16H,3-4,8-10,27H2,1-2H3,(H,28,32)(H,29,30)/t13-,16+/m0/s1/i9D2,10D2. The molecule has 0 radical (unpaired) electrons. The number of hydrogen-bond acceptors (Lipinski definition) is 4. The summed E-state index contributed by atoms with van der Waals surface area (Å²) in [6, 6.07) is 0.941. The van der Waals surface area contributed by atoms with Crippen molar-refractivity contribution in [1.29, 1.82) is 0 Å². The van der Waals surface area contributed by atoms with Crippen molar-refractivity contribution in [1.82, 2.24) is 20.2 Å². The average molecular weight is 479 g/mol. The fourth-order valence-corrected chi connectivity index (χ4v) is 3.53. The Morgan fingerprint density at radius 3 is 2.70 bits per heavy atom. The van der Waals surface area contributed by atoms with Crippen molar-refractivity contribution in [3.63, 3.8) is 0 Å². The number of amides is 2. The number of aromatic nitrogens is 2. The van der Waals surface area contributed by atoms with E-state index in [4.69, 9.17) is 16.0 Å². The first-order valence-corrected chi connectivity index (χ1v) is 10.3. The van der Waals surface area contributed by atoms with E-state index in [1.165, 1.54) is 18.2 Å². The van der Waals surface area contributed by atoms with Crippen LogP contribution in [0, 0.1) is 5.92 Å². The van der Waals surface area contributed by atoms with Gasteiger partial charge in [-0.05, 0) is 50.3 Å². The lowest BCUT2D eigenvalue weighted by atomic mass is 9.99. The van der Waals surface area contributed by atoms with Gasteiger partial charge in [-0.15, -0.1) is 0 Å². The maximum atomic E-state index is 14.8. The summed E-state index contributed by atoms with van der Waals surface area (Å²) in [7, 11) is 0. The number of nitrogens with zero attached hydrogens (tertiary/aromatic N) is 2. The summed E-state index contributed by atoms with van der Waals surface area (Å²) in [4.78, 5) is 20.2. The predicted molar refractivity (Wildman–Crippen MR) is 110 cm³/mol. The molecule has 0 spiro atoms. The smallest absolute Gasteiger partial charge is 0.364 e. The minimum Gasteiger partial charge on any atom is -0.364 e. The number of ether oxygens (including phenoxy) is 1. The van der Waals surface area contributed by atoms with Crippen molar-refractivity contribution in [2.75, 3.05) is 19.6 Å². The lowest BCUT2D eigenvalue weighted by Gasteiger charge is -2.38. The number of H-pyrrole nitrogens is 1. The molecule has 12 heteroatoms. The highest BCUT2D eigenvalue weighted by atomic mass is 19.4. The predicted octanol–water partition coefficient (Wildman–Crippen LogP) is 4.03. The van der Waals surface area contributed by atoms with Crippen molar-refractivity contribution in [3.05, 3.63) is 29.6 Å². The Kier molecular flexibility index (Phi) is 4.63. The summed E-state index contributed by atoms with van der Waals surface area (Å²) in [6.45, 7) is -6.01. The summed E-state index contributed by atoms with van der Waals surface area (Å²) in [5.74, 6) is -4.80. The molecule has 2 fully saturated rings. The Hall–Kier alpha value is -2.47. The van der Waals surface area contributed by atoms with Gasteiger partial charge < -0.3 is 25.7 Å². The number of carbonyl (C=O) groups is 1. The van der Waals surface area contributed by atoms with Crippen LogP contribution in [0.2, 0.25) is 0 Å². The molecule has 0 bridgehead atoms. The third kappa shape index (κ3) is 4.91. The molecule has 1 aromatic heterocycles. The number of fused-ring (bicyclic) bond motifs is 1. The molecule has 2 aliphatic rings. The maximum absolute atomic E-state index is 14.8. The molecule has 2 amide bonds. The third-order valence-electron chi connectivity index (χ3n) is 5.68. The number of nitrogens with one attached hydrogen (secondary N) is 2. The highest BCUT2D eigenvalue weighted by Gasteiger charge is 2.49. The quantitative estimate of drug-likeness (QED) is 0.523. The Labute approximate surface area is 192 Å². The normalized spacial score (nSPS) is 26.1. The fourth-order valence-electron chi connectivity index (χ4n) is 3.53. The first-order valence-electron chi connectivity index (χ1n) is 12.3. The highest BCUT2D eigenvalue weighted by Crippen LogP contribution is 2.46. The molecule has 4 rings (SSSR count). The van der Waals surface area contributed by atoms with E-state index in [0.29, 0.717) is 34.3 Å². The van der Waals surface area contributed by atoms with Crippen molar-refractivity contribution < 1.29 is 37.0 Å². The monoisotopic (exact) mass is 479 g/mol. The van der Waals surface area contributed by atoms with Crippen molar-refractivity contribution in [2.24, 2.45) is 11.7 Å². The Morgan fingerprint density at radius 1 is 1.36 bits per heavy atom. The van der Waals surface area contributed by atoms with Crippen LogP contribution in [0.5, 0.6) is 0 Å². The second-order valence-electron chi connectivity index (χ2n) is 8.72. The van der Waals surface area contributed by atoms with E-state index in [2.05, 4.69) is 9.97 Å². The molecule has 1 saturated heterocycles. The number of hydrogen-bond donors (Lipinski definition) is 3. The highest BCUT2D eigenvalue weighted by molar-refractivity contribution is 5.78. The van der Waals surface area contributed by atoms with E-state index < -0.39 is 55.4 Å². The van der Waals surface area contributed by atoms with E-state index >= 15 is 0 Å². The van der Waals surface area contributed by atoms with Gasteiger partial charge in [-0.3, -0.25) is 0 Å². The summed E-state index contributed by atoms with van der Waals surface area (Å²) < 4.78 is 105. The number of benzene rings is 1. The molecule has 4 N–H and O–H groups in total. The molecular weight excluding hydrogens is 449 g/mol. The number of urea groups is 1. The second kappa shape index (κ2) is 8.08. The molecule has 182 valence electrons. The zero-order chi connectivity index (χ0) is 27.8. The second-order valence-corrected chi connectivity index (χ2v) is 8.72. The van der Waals surface area contributed by atoms with Crippen LogP contribution in [0.3, 0.4) is 0 Å². The van der Waals surface area contributed by atoms with Gasteiger partial charge in [-0.2, -0.15) is 13.2 Å². The summed E-state index contributed by atoms with van der Waals surface area (Å²) in [5.41, 5.74) is 4.53. The zero-order valence-electron chi connectivity index (χ0n) is 21.8. The van der Waals surface area contributed by atoms with Crippen LogP contribution in [0.1, 0.15) is 55.6 Å². The third-order valence-corrected chi connectivity index (χ3v) is 5.68. The Balaban J connectivity index is 1.64. The minimum atomic E-state index is -4.62. The summed E-state index contributed by atoms with van der Waals surface area (Å²) in [6.07, 6.45) is -3.55. The number of alkyl halides is 5. The van der Waals surface area contributed by atoms with Gasteiger partial charge >= 0.3 is 12.2 Å². The van der Waals surface area contributed by atoms with E-state index in [1.807, 2.05) is 0 Å². The van der Waals surface area contributed by atoms with Crippen LogP contribution in [0.15, 0.2) is 18.2 Å². The van der Waals surface area contributed by atoms with Gasteiger partial charge in [0.2, 0.25) is 0 Å². The Bertz CT molecular complexity index is 1200. The SMILES string of the molecule is [2H]C1([2H])NC(=O)N([C@@H](c2ccc3nc([C@@H](N)COC(C)(C)C(F)(F)F)[nH]c3c2)C2CC2)C([2H])([2H])C1(F)F.